The molecule has 1 saturated heterocycles. The van der Waals surface area contributed by atoms with Gasteiger partial charge in [-0.2, -0.15) is 4.99 Å². The predicted molar refractivity (Wildman–Crippen MR) is 81.2 cm³/mol. The van der Waals surface area contributed by atoms with Crippen molar-refractivity contribution in [1.29, 1.82) is 0 Å². The van der Waals surface area contributed by atoms with E-state index in [2.05, 4.69) is 22.0 Å². The van der Waals surface area contributed by atoms with Gasteiger partial charge >= 0.3 is 0 Å². The Labute approximate surface area is 129 Å². The van der Waals surface area contributed by atoms with Gasteiger partial charge in [0.25, 0.3) is 0 Å². The summed E-state index contributed by atoms with van der Waals surface area (Å²) in [5, 5.41) is 0.756. The summed E-state index contributed by atoms with van der Waals surface area (Å²) in [6.45, 7) is 4.29. The third kappa shape index (κ3) is 3.04. The molecule has 2 fully saturated rings. The Morgan fingerprint density at radius 3 is 2.67 bits per heavy atom. The van der Waals surface area contributed by atoms with Gasteiger partial charge in [0, 0.05) is 24.7 Å². The van der Waals surface area contributed by atoms with E-state index in [9.17, 15) is 4.79 Å². The molecule has 1 aliphatic carbocycles. The van der Waals surface area contributed by atoms with Gasteiger partial charge in [0.2, 0.25) is 6.08 Å². The van der Waals surface area contributed by atoms with Crippen LogP contribution in [0.1, 0.15) is 30.4 Å². The van der Waals surface area contributed by atoms with Crippen LogP contribution in [0.3, 0.4) is 0 Å². The molecular formula is C16H19ClN2O2. The summed E-state index contributed by atoms with van der Waals surface area (Å²) in [5.74, 6) is 0. The number of carbonyl (C=O) groups excluding carboxylic acids is 1. The Kier molecular flexibility index (Phi) is 4.41. The molecule has 0 aromatic heterocycles. The highest BCUT2D eigenvalue weighted by molar-refractivity contribution is 6.31. The predicted octanol–water partition coefficient (Wildman–Crippen LogP) is 2.89. The molecule has 21 heavy (non-hydrogen) atoms. The Hall–Kier alpha value is -1.19. The van der Waals surface area contributed by atoms with Crippen molar-refractivity contribution in [3.8, 4) is 0 Å². The first-order valence-electron chi connectivity index (χ1n) is 7.42. The number of morpholine rings is 1. The first-order valence-corrected chi connectivity index (χ1v) is 7.79. The number of aliphatic imine (C=N–C) groups is 1. The summed E-state index contributed by atoms with van der Waals surface area (Å²) in [4.78, 5) is 17.0. The number of rotatable bonds is 4. The van der Waals surface area contributed by atoms with E-state index in [1.807, 2.05) is 6.07 Å². The molecule has 1 heterocycles. The minimum Gasteiger partial charge on any atom is -0.379 e. The molecule has 1 aliphatic heterocycles. The molecule has 1 aromatic carbocycles. The summed E-state index contributed by atoms with van der Waals surface area (Å²) < 4.78 is 5.36. The second kappa shape index (κ2) is 6.29. The Balaban J connectivity index is 1.77. The third-order valence-corrected chi connectivity index (χ3v) is 4.88. The maximum absolute atomic E-state index is 10.7. The van der Waals surface area contributed by atoms with Gasteiger partial charge in [-0.15, -0.1) is 0 Å². The minimum atomic E-state index is -0.372. The van der Waals surface area contributed by atoms with Gasteiger partial charge in [0.05, 0.1) is 18.8 Å². The first kappa shape index (κ1) is 14.7. The zero-order valence-corrected chi connectivity index (χ0v) is 12.7. The number of halogens is 1. The van der Waals surface area contributed by atoms with E-state index in [0.29, 0.717) is 0 Å². The van der Waals surface area contributed by atoms with Crippen LogP contribution in [0.4, 0.5) is 0 Å². The summed E-state index contributed by atoms with van der Waals surface area (Å²) >= 11 is 6.44. The van der Waals surface area contributed by atoms with E-state index in [1.165, 1.54) is 0 Å². The van der Waals surface area contributed by atoms with Crippen LogP contribution in [0.5, 0.6) is 0 Å². The Morgan fingerprint density at radius 2 is 2.10 bits per heavy atom. The van der Waals surface area contributed by atoms with Crippen molar-refractivity contribution in [3.05, 3.63) is 34.3 Å². The molecule has 112 valence electrons. The molecule has 4 nitrogen and oxygen atoms in total. The second-order valence-electron chi connectivity index (χ2n) is 5.78. The molecule has 0 bridgehead atoms. The first-order chi connectivity index (χ1) is 10.2. The van der Waals surface area contributed by atoms with E-state index in [1.54, 1.807) is 6.08 Å². The minimum absolute atomic E-state index is 0.372. The lowest BCUT2D eigenvalue weighted by Crippen LogP contribution is -2.35. The average Bonchev–Trinajstić information content (AvgIpc) is 2.46. The van der Waals surface area contributed by atoms with Gasteiger partial charge in [-0.3, -0.25) is 4.90 Å². The molecule has 5 heteroatoms. The van der Waals surface area contributed by atoms with Crippen molar-refractivity contribution in [2.45, 2.75) is 31.3 Å². The fourth-order valence-electron chi connectivity index (χ4n) is 3.03. The summed E-state index contributed by atoms with van der Waals surface area (Å²) in [7, 11) is 0. The molecule has 0 unspecified atom stereocenters. The fourth-order valence-corrected chi connectivity index (χ4v) is 3.27. The van der Waals surface area contributed by atoms with Crippen LogP contribution in [0.2, 0.25) is 5.02 Å². The van der Waals surface area contributed by atoms with Crippen molar-refractivity contribution < 1.29 is 9.53 Å². The van der Waals surface area contributed by atoms with Gasteiger partial charge in [0.15, 0.2) is 0 Å². The van der Waals surface area contributed by atoms with Crippen LogP contribution in [-0.4, -0.2) is 37.3 Å². The molecule has 0 spiro atoms. The van der Waals surface area contributed by atoms with Crippen LogP contribution in [0, 0.1) is 0 Å². The van der Waals surface area contributed by atoms with Crippen molar-refractivity contribution in [2.75, 3.05) is 26.3 Å². The Bertz CT molecular complexity index is 559. The highest BCUT2D eigenvalue weighted by Gasteiger charge is 2.39. The molecule has 1 saturated carbocycles. The zero-order chi connectivity index (χ0) is 14.7. The standard InChI is InChI=1S/C16H19ClN2O2/c17-15-10-14(16(18-12-20)4-1-5-16)3-2-13(15)11-19-6-8-21-9-7-19/h2-3,10H,1,4-9,11H2. The average molecular weight is 307 g/mol. The van der Waals surface area contributed by atoms with Gasteiger partial charge < -0.3 is 4.74 Å². The van der Waals surface area contributed by atoms with Crippen LogP contribution >= 0.6 is 11.6 Å². The lowest BCUT2D eigenvalue weighted by atomic mass is 9.72. The summed E-state index contributed by atoms with van der Waals surface area (Å²) in [6.07, 6.45) is 4.62. The number of ether oxygens (including phenoxy) is 1. The van der Waals surface area contributed by atoms with E-state index < -0.39 is 0 Å². The monoisotopic (exact) mass is 306 g/mol. The quantitative estimate of drug-likeness (QED) is 0.634. The second-order valence-corrected chi connectivity index (χ2v) is 6.19. The molecule has 0 radical (unpaired) electrons. The number of isocyanates is 1. The van der Waals surface area contributed by atoms with Crippen LogP contribution in [0.15, 0.2) is 23.2 Å². The summed E-state index contributed by atoms with van der Waals surface area (Å²) in [5.41, 5.74) is 1.78. The van der Waals surface area contributed by atoms with Crippen LogP contribution in [-0.2, 0) is 21.6 Å². The van der Waals surface area contributed by atoms with Crippen LogP contribution in [0.25, 0.3) is 0 Å². The highest BCUT2D eigenvalue weighted by Crippen LogP contribution is 2.45. The zero-order valence-electron chi connectivity index (χ0n) is 12.0. The topological polar surface area (TPSA) is 41.9 Å². The molecular weight excluding hydrogens is 288 g/mol. The van der Waals surface area contributed by atoms with Crippen molar-refractivity contribution in [3.63, 3.8) is 0 Å². The largest absolute Gasteiger partial charge is 0.379 e. The van der Waals surface area contributed by atoms with Crippen molar-refractivity contribution in [1.82, 2.24) is 4.90 Å². The fraction of sp³-hybridized carbons (Fsp3) is 0.562. The van der Waals surface area contributed by atoms with E-state index in [4.69, 9.17) is 16.3 Å². The molecule has 3 rings (SSSR count). The van der Waals surface area contributed by atoms with Gasteiger partial charge in [-0.25, -0.2) is 4.79 Å². The van der Waals surface area contributed by atoms with Gasteiger partial charge in [-0.1, -0.05) is 23.7 Å². The van der Waals surface area contributed by atoms with Crippen molar-refractivity contribution >= 4 is 17.7 Å². The number of hydrogen-bond donors (Lipinski definition) is 0. The molecule has 0 atom stereocenters. The van der Waals surface area contributed by atoms with E-state index >= 15 is 0 Å². The molecule has 1 aromatic rings. The normalized spacial score (nSPS) is 21.4. The molecule has 0 N–H and O–H groups in total. The number of nitrogens with zero attached hydrogens (tertiary/aromatic N) is 2. The smallest absolute Gasteiger partial charge is 0.235 e. The van der Waals surface area contributed by atoms with Crippen LogP contribution < -0.4 is 0 Å². The van der Waals surface area contributed by atoms with E-state index in [-0.39, 0.29) is 5.54 Å². The van der Waals surface area contributed by atoms with Gasteiger partial charge in [0.1, 0.15) is 0 Å². The third-order valence-electron chi connectivity index (χ3n) is 4.53. The number of benzene rings is 1. The lowest BCUT2D eigenvalue weighted by molar-refractivity contribution is 0.0342. The maximum Gasteiger partial charge on any atom is 0.235 e. The van der Waals surface area contributed by atoms with Crippen molar-refractivity contribution in [2.24, 2.45) is 4.99 Å². The highest BCUT2D eigenvalue weighted by atomic mass is 35.5. The summed E-state index contributed by atoms with van der Waals surface area (Å²) in [6, 6.07) is 6.09. The number of hydrogen-bond acceptors (Lipinski definition) is 4. The van der Waals surface area contributed by atoms with Gasteiger partial charge in [-0.05, 0) is 36.5 Å². The SMILES string of the molecule is O=C=NC1(c2ccc(CN3CCOCC3)c(Cl)c2)CCC1. The molecule has 2 aliphatic rings. The molecule has 0 amide bonds. The maximum atomic E-state index is 10.7. The van der Waals surface area contributed by atoms with E-state index in [0.717, 1.165) is 68.3 Å². The lowest BCUT2D eigenvalue weighted by Gasteiger charge is -2.37. The Morgan fingerprint density at radius 1 is 1.33 bits per heavy atom.